The summed E-state index contributed by atoms with van der Waals surface area (Å²) < 4.78 is 26.4. The van der Waals surface area contributed by atoms with Crippen molar-refractivity contribution in [2.45, 2.75) is 31.0 Å². The van der Waals surface area contributed by atoms with Crippen molar-refractivity contribution in [3.63, 3.8) is 0 Å². The van der Waals surface area contributed by atoms with Crippen LogP contribution in [-0.4, -0.2) is 41.8 Å². The highest BCUT2D eigenvalue weighted by Gasteiger charge is 2.22. The van der Waals surface area contributed by atoms with E-state index in [9.17, 15) is 8.42 Å². The van der Waals surface area contributed by atoms with Crippen LogP contribution in [-0.2, 0) is 16.6 Å². The molecule has 0 spiro atoms. The Morgan fingerprint density at radius 3 is 2.94 bits per heavy atom. The van der Waals surface area contributed by atoms with Gasteiger partial charge in [0.15, 0.2) is 5.03 Å². The van der Waals surface area contributed by atoms with Gasteiger partial charge in [-0.2, -0.15) is 16.9 Å². The number of hydrogen-bond acceptors (Lipinski definition) is 5. The Hall–Kier alpha value is -0.570. The molecule has 1 atom stereocenters. The minimum Gasteiger partial charge on any atom is -0.392 e. The molecule has 0 aliphatic rings. The average molecular weight is 279 g/mol. The first-order valence-corrected chi connectivity index (χ1v) is 8.03. The highest BCUT2D eigenvalue weighted by molar-refractivity contribution is 7.98. The Balaban J connectivity index is 2.75. The zero-order valence-electron chi connectivity index (χ0n) is 9.80. The smallest absolute Gasteiger partial charge is 0.258 e. The van der Waals surface area contributed by atoms with Gasteiger partial charge in [0.25, 0.3) is 10.0 Å². The molecule has 6 nitrogen and oxygen atoms in total. The Labute approximate surface area is 105 Å². The van der Waals surface area contributed by atoms with Crippen LogP contribution in [0.4, 0.5) is 0 Å². The van der Waals surface area contributed by atoms with Gasteiger partial charge >= 0.3 is 0 Å². The van der Waals surface area contributed by atoms with E-state index in [2.05, 4.69) is 14.9 Å². The predicted molar refractivity (Wildman–Crippen MR) is 67.3 cm³/mol. The molecule has 3 N–H and O–H groups in total. The van der Waals surface area contributed by atoms with E-state index in [1.165, 1.54) is 6.20 Å². The fraction of sp³-hybridized carbons (Fsp3) is 0.667. The molecule has 0 saturated heterocycles. The summed E-state index contributed by atoms with van der Waals surface area (Å²) in [7, 11) is -3.63. The topological polar surface area (TPSA) is 95.1 Å². The summed E-state index contributed by atoms with van der Waals surface area (Å²) >= 11 is 1.67. The molecule has 1 aromatic heterocycles. The van der Waals surface area contributed by atoms with Crippen molar-refractivity contribution in [3.8, 4) is 0 Å². The molecule has 1 heterocycles. The molecule has 1 aromatic rings. The van der Waals surface area contributed by atoms with E-state index in [1.54, 1.807) is 11.8 Å². The summed E-state index contributed by atoms with van der Waals surface area (Å²) in [5, 5.41) is 14.9. The van der Waals surface area contributed by atoms with Crippen LogP contribution in [0.5, 0.6) is 0 Å². The van der Waals surface area contributed by atoms with Gasteiger partial charge < -0.3 is 5.11 Å². The molecule has 0 bridgehead atoms. The number of aliphatic hydroxyl groups excluding tert-OH is 1. The SMILES string of the molecule is CSCCC(C)NS(=O)(=O)c1[nH]ncc1CO. The quantitative estimate of drug-likeness (QED) is 0.668. The van der Waals surface area contributed by atoms with E-state index in [0.29, 0.717) is 0 Å². The lowest BCUT2D eigenvalue weighted by Gasteiger charge is -2.13. The van der Waals surface area contributed by atoms with Crippen LogP contribution in [0, 0.1) is 0 Å². The van der Waals surface area contributed by atoms with Gasteiger partial charge in [-0.05, 0) is 25.4 Å². The maximum absolute atomic E-state index is 11.9. The summed E-state index contributed by atoms with van der Waals surface area (Å²) in [6, 6.07) is -0.151. The van der Waals surface area contributed by atoms with Gasteiger partial charge in [0.05, 0.1) is 12.8 Å². The van der Waals surface area contributed by atoms with E-state index in [1.807, 2.05) is 13.2 Å². The van der Waals surface area contributed by atoms with Crippen LogP contribution < -0.4 is 4.72 Å². The number of nitrogens with one attached hydrogen (secondary N) is 2. The molecular formula is C9H17N3O3S2. The standard InChI is InChI=1S/C9H17N3O3S2/c1-7(3-4-16-2)12-17(14,15)9-8(6-13)5-10-11-9/h5,7,12-13H,3-4,6H2,1-2H3,(H,10,11). The number of sulfonamides is 1. The monoisotopic (exact) mass is 279 g/mol. The molecule has 0 radical (unpaired) electrons. The van der Waals surface area contributed by atoms with Crippen LogP contribution in [0.15, 0.2) is 11.2 Å². The zero-order valence-corrected chi connectivity index (χ0v) is 11.4. The van der Waals surface area contributed by atoms with E-state index < -0.39 is 10.0 Å². The Morgan fingerprint density at radius 1 is 1.65 bits per heavy atom. The largest absolute Gasteiger partial charge is 0.392 e. The molecular weight excluding hydrogens is 262 g/mol. The molecule has 1 unspecified atom stereocenters. The zero-order chi connectivity index (χ0) is 12.9. The average Bonchev–Trinajstić information content (AvgIpc) is 2.74. The highest BCUT2D eigenvalue weighted by atomic mass is 32.2. The van der Waals surface area contributed by atoms with Gasteiger partial charge in [0.1, 0.15) is 0 Å². The van der Waals surface area contributed by atoms with Crippen molar-refractivity contribution in [3.05, 3.63) is 11.8 Å². The number of hydrogen-bond donors (Lipinski definition) is 3. The number of thioether (sulfide) groups is 1. The van der Waals surface area contributed by atoms with Gasteiger partial charge in [0, 0.05) is 11.6 Å². The van der Waals surface area contributed by atoms with Crippen molar-refractivity contribution in [1.29, 1.82) is 0 Å². The fourth-order valence-electron chi connectivity index (χ4n) is 1.32. The predicted octanol–water partition coefficient (Wildman–Crippen LogP) is 0.322. The molecule has 0 aromatic carbocycles. The van der Waals surface area contributed by atoms with Crippen molar-refractivity contribution < 1.29 is 13.5 Å². The second-order valence-corrected chi connectivity index (χ2v) is 6.32. The van der Waals surface area contributed by atoms with Crippen LogP contribution in [0.25, 0.3) is 0 Å². The summed E-state index contributed by atoms with van der Waals surface area (Å²) in [5.41, 5.74) is 0.273. The number of aromatic nitrogens is 2. The van der Waals surface area contributed by atoms with Crippen molar-refractivity contribution >= 4 is 21.8 Å². The number of aliphatic hydroxyl groups is 1. The molecule has 0 fully saturated rings. The van der Waals surface area contributed by atoms with E-state index in [4.69, 9.17) is 5.11 Å². The van der Waals surface area contributed by atoms with E-state index >= 15 is 0 Å². The van der Waals surface area contributed by atoms with Crippen LogP contribution in [0.3, 0.4) is 0 Å². The first-order chi connectivity index (χ1) is 8.01. The molecule has 0 amide bonds. The van der Waals surface area contributed by atoms with E-state index in [0.717, 1.165) is 12.2 Å². The van der Waals surface area contributed by atoms with E-state index in [-0.39, 0.29) is 23.2 Å². The minimum absolute atomic E-state index is 0.0593. The molecule has 98 valence electrons. The summed E-state index contributed by atoms with van der Waals surface area (Å²) in [6.07, 6.45) is 4.03. The highest BCUT2D eigenvalue weighted by Crippen LogP contribution is 2.12. The lowest BCUT2D eigenvalue weighted by molar-refractivity contribution is 0.278. The van der Waals surface area contributed by atoms with Gasteiger partial charge in [-0.1, -0.05) is 0 Å². The maximum Gasteiger partial charge on any atom is 0.258 e. The lowest BCUT2D eigenvalue weighted by atomic mass is 10.3. The van der Waals surface area contributed by atoms with Gasteiger partial charge in [-0.25, -0.2) is 13.1 Å². The summed E-state index contributed by atoms with van der Waals surface area (Å²) in [4.78, 5) is 0. The fourth-order valence-corrected chi connectivity index (χ4v) is 3.31. The normalized spacial score (nSPS) is 13.8. The number of rotatable bonds is 7. The van der Waals surface area contributed by atoms with Crippen LogP contribution in [0.2, 0.25) is 0 Å². The molecule has 0 aliphatic carbocycles. The van der Waals surface area contributed by atoms with Crippen LogP contribution in [0.1, 0.15) is 18.9 Å². The molecule has 1 rings (SSSR count). The Bertz CT molecular complexity index is 444. The summed E-state index contributed by atoms with van der Waals surface area (Å²) in [6.45, 7) is 1.45. The molecule has 0 aliphatic heterocycles. The van der Waals surface area contributed by atoms with Gasteiger partial charge in [0.2, 0.25) is 0 Å². The molecule has 0 saturated carbocycles. The third-order valence-corrected chi connectivity index (χ3v) is 4.48. The first kappa shape index (κ1) is 14.5. The molecule has 8 heteroatoms. The van der Waals surface area contributed by atoms with Crippen molar-refractivity contribution in [2.24, 2.45) is 0 Å². The van der Waals surface area contributed by atoms with Crippen molar-refractivity contribution in [2.75, 3.05) is 12.0 Å². The number of aromatic amines is 1. The second kappa shape index (κ2) is 6.39. The first-order valence-electron chi connectivity index (χ1n) is 5.15. The van der Waals surface area contributed by atoms with Gasteiger partial charge in [-0.3, -0.25) is 5.10 Å². The Morgan fingerprint density at radius 2 is 2.35 bits per heavy atom. The van der Waals surface area contributed by atoms with Crippen molar-refractivity contribution in [1.82, 2.24) is 14.9 Å². The number of H-pyrrole nitrogens is 1. The Kier molecular flexibility index (Phi) is 5.44. The third kappa shape index (κ3) is 3.98. The molecule has 17 heavy (non-hydrogen) atoms. The van der Waals surface area contributed by atoms with Gasteiger partial charge in [-0.15, -0.1) is 0 Å². The second-order valence-electron chi connectivity index (χ2n) is 3.69. The number of nitrogens with zero attached hydrogens (tertiary/aromatic N) is 1. The lowest BCUT2D eigenvalue weighted by Crippen LogP contribution is -2.33. The summed E-state index contributed by atoms with van der Waals surface area (Å²) in [5.74, 6) is 0.888. The minimum atomic E-state index is -3.63. The van der Waals surface area contributed by atoms with Crippen LogP contribution >= 0.6 is 11.8 Å². The maximum atomic E-state index is 11.9. The third-order valence-electron chi connectivity index (χ3n) is 2.23.